The predicted molar refractivity (Wildman–Crippen MR) is 52.7 cm³/mol. The molecular formula is C9H11NO6. The fourth-order valence-corrected chi connectivity index (χ4v) is 0.759. The number of carboxylic acids is 2. The van der Waals surface area contributed by atoms with Gasteiger partial charge in [-0.05, 0) is 11.6 Å². The van der Waals surface area contributed by atoms with Crippen molar-refractivity contribution in [2.75, 3.05) is 0 Å². The van der Waals surface area contributed by atoms with E-state index in [-0.39, 0.29) is 12.0 Å². The summed E-state index contributed by atoms with van der Waals surface area (Å²) in [5.74, 6) is -4.09. The number of rotatable bonds is 6. The highest BCUT2D eigenvalue weighted by molar-refractivity contribution is 6.37. The van der Waals surface area contributed by atoms with Gasteiger partial charge in [-0.25, -0.2) is 4.79 Å². The summed E-state index contributed by atoms with van der Waals surface area (Å²) < 4.78 is 0. The molecule has 7 heteroatoms. The van der Waals surface area contributed by atoms with Crippen LogP contribution in [0.5, 0.6) is 0 Å². The SMILES string of the molecule is N[C@@H](CC(/C=C/C(=O)C(=O)O)=C\O)C(=O)O. The minimum atomic E-state index is -1.64. The lowest BCUT2D eigenvalue weighted by Gasteiger charge is -2.05. The first-order valence-electron chi connectivity index (χ1n) is 4.15. The Morgan fingerprint density at radius 1 is 1.19 bits per heavy atom. The van der Waals surface area contributed by atoms with E-state index >= 15 is 0 Å². The smallest absolute Gasteiger partial charge is 0.376 e. The van der Waals surface area contributed by atoms with E-state index in [9.17, 15) is 14.4 Å². The lowest BCUT2D eigenvalue weighted by Crippen LogP contribution is -2.30. The summed E-state index contributed by atoms with van der Waals surface area (Å²) in [5, 5.41) is 25.4. The zero-order valence-corrected chi connectivity index (χ0v) is 8.16. The minimum Gasteiger partial charge on any atom is -0.515 e. The molecule has 1 atom stereocenters. The Kier molecular flexibility index (Phi) is 5.50. The molecule has 0 aliphatic rings. The van der Waals surface area contributed by atoms with Crippen molar-refractivity contribution in [2.45, 2.75) is 12.5 Å². The molecular weight excluding hydrogens is 218 g/mol. The second-order valence-electron chi connectivity index (χ2n) is 2.86. The molecule has 88 valence electrons. The summed E-state index contributed by atoms with van der Waals surface area (Å²) in [7, 11) is 0. The summed E-state index contributed by atoms with van der Waals surface area (Å²) in [6.45, 7) is 0. The Bertz CT molecular complexity index is 357. The summed E-state index contributed by atoms with van der Waals surface area (Å²) >= 11 is 0. The topological polar surface area (TPSA) is 138 Å². The molecule has 0 amide bonds. The summed E-state index contributed by atoms with van der Waals surface area (Å²) in [4.78, 5) is 31.1. The van der Waals surface area contributed by atoms with Crippen molar-refractivity contribution in [3.63, 3.8) is 0 Å². The van der Waals surface area contributed by atoms with Gasteiger partial charge in [-0.3, -0.25) is 9.59 Å². The third-order valence-corrected chi connectivity index (χ3v) is 1.60. The Balaban J connectivity index is 4.50. The summed E-state index contributed by atoms with van der Waals surface area (Å²) in [6.07, 6.45) is 2.06. The molecule has 0 fully saturated rings. The molecule has 0 saturated carbocycles. The Labute approximate surface area is 90.5 Å². The molecule has 0 saturated heterocycles. The van der Waals surface area contributed by atoms with Crippen molar-refractivity contribution in [2.24, 2.45) is 5.73 Å². The van der Waals surface area contributed by atoms with Gasteiger partial charge in [-0.2, -0.15) is 0 Å². The molecule has 0 aliphatic heterocycles. The number of aliphatic hydroxyl groups is 1. The van der Waals surface area contributed by atoms with Crippen molar-refractivity contribution < 1.29 is 29.7 Å². The van der Waals surface area contributed by atoms with Gasteiger partial charge in [-0.1, -0.05) is 6.08 Å². The predicted octanol–water partition coefficient (Wildman–Crippen LogP) is -0.560. The van der Waals surface area contributed by atoms with Gasteiger partial charge in [0.05, 0.1) is 6.26 Å². The van der Waals surface area contributed by atoms with Crippen LogP contribution >= 0.6 is 0 Å². The normalized spacial score (nSPS) is 13.7. The fraction of sp³-hybridized carbons (Fsp3) is 0.222. The summed E-state index contributed by atoms with van der Waals surface area (Å²) in [6, 6.07) is -1.23. The van der Waals surface area contributed by atoms with Crippen molar-refractivity contribution in [1.82, 2.24) is 0 Å². The van der Waals surface area contributed by atoms with E-state index < -0.39 is 23.8 Å². The zero-order chi connectivity index (χ0) is 12.7. The number of hydrogen-bond donors (Lipinski definition) is 4. The number of carboxylic acid groups (broad SMARTS) is 2. The number of hydrogen-bond acceptors (Lipinski definition) is 5. The van der Waals surface area contributed by atoms with E-state index in [2.05, 4.69) is 0 Å². The number of carbonyl (C=O) groups is 3. The molecule has 0 bridgehead atoms. The third-order valence-electron chi connectivity index (χ3n) is 1.60. The van der Waals surface area contributed by atoms with Gasteiger partial charge in [-0.15, -0.1) is 0 Å². The third kappa shape index (κ3) is 4.91. The second-order valence-corrected chi connectivity index (χ2v) is 2.86. The van der Waals surface area contributed by atoms with Crippen LogP contribution in [0.15, 0.2) is 24.0 Å². The van der Waals surface area contributed by atoms with Crippen LogP contribution in [0.1, 0.15) is 6.42 Å². The van der Waals surface area contributed by atoms with E-state index in [0.29, 0.717) is 12.3 Å². The molecule has 0 aromatic rings. The number of aliphatic carboxylic acids is 2. The molecule has 0 radical (unpaired) electrons. The average molecular weight is 229 g/mol. The molecule has 0 unspecified atom stereocenters. The maximum atomic E-state index is 10.6. The van der Waals surface area contributed by atoms with Crippen LogP contribution in [0, 0.1) is 0 Å². The molecule has 5 N–H and O–H groups in total. The number of carbonyl (C=O) groups excluding carboxylic acids is 1. The van der Waals surface area contributed by atoms with E-state index in [0.717, 1.165) is 6.08 Å². The van der Waals surface area contributed by atoms with Gasteiger partial charge in [0.15, 0.2) is 0 Å². The first-order valence-corrected chi connectivity index (χ1v) is 4.15. The lowest BCUT2D eigenvalue weighted by atomic mass is 10.1. The maximum absolute atomic E-state index is 10.6. The molecule has 7 nitrogen and oxygen atoms in total. The molecule has 0 heterocycles. The molecule has 0 rings (SSSR count). The largest absolute Gasteiger partial charge is 0.515 e. The van der Waals surface area contributed by atoms with Crippen LogP contribution in [-0.4, -0.2) is 39.1 Å². The van der Waals surface area contributed by atoms with Gasteiger partial charge >= 0.3 is 11.9 Å². The van der Waals surface area contributed by atoms with Crippen molar-refractivity contribution in [3.8, 4) is 0 Å². The zero-order valence-electron chi connectivity index (χ0n) is 8.16. The van der Waals surface area contributed by atoms with Gasteiger partial charge in [0, 0.05) is 6.42 Å². The van der Waals surface area contributed by atoms with Crippen LogP contribution in [-0.2, 0) is 14.4 Å². The minimum absolute atomic E-state index is 0.0458. The van der Waals surface area contributed by atoms with Gasteiger partial charge < -0.3 is 21.1 Å². The van der Waals surface area contributed by atoms with Crippen LogP contribution in [0.2, 0.25) is 0 Å². The van der Waals surface area contributed by atoms with Crippen LogP contribution in [0.3, 0.4) is 0 Å². The Morgan fingerprint density at radius 3 is 2.12 bits per heavy atom. The Morgan fingerprint density at radius 2 is 1.75 bits per heavy atom. The highest BCUT2D eigenvalue weighted by atomic mass is 16.4. The molecule has 0 aromatic carbocycles. The van der Waals surface area contributed by atoms with Crippen molar-refractivity contribution in [1.29, 1.82) is 0 Å². The first kappa shape index (κ1) is 13.8. The lowest BCUT2D eigenvalue weighted by molar-refractivity contribution is -0.146. The summed E-state index contributed by atoms with van der Waals surface area (Å²) in [5.41, 5.74) is 5.22. The Hall–Kier alpha value is -2.15. The van der Waals surface area contributed by atoms with Crippen LogP contribution in [0.4, 0.5) is 0 Å². The number of allylic oxidation sites excluding steroid dienone is 1. The molecule has 16 heavy (non-hydrogen) atoms. The van der Waals surface area contributed by atoms with Crippen molar-refractivity contribution in [3.05, 3.63) is 24.0 Å². The van der Waals surface area contributed by atoms with E-state index in [4.69, 9.17) is 21.1 Å². The van der Waals surface area contributed by atoms with Gasteiger partial charge in [0.1, 0.15) is 6.04 Å². The molecule has 0 aliphatic carbocycles. The van der Waals surface area contributed by atoms with Crippen LogP contribution in [0.25, 0.3) is 0 Å². The molecule has 0 spiro atoms. The second kappa shape index (κ2) is 6.36. The molecule has 0 aromatic heterocycles. The van der Waals surface area contributed by atoms with Gasteiger partial charge in [0.2, 0.25) is 0 Å². The van der Waals surface area contributed by atoms with Crippen molar-refractivity contribution >= 4 is 17.7 Å². The van der Waals surface area contributed by atoms with E-state index in [1.165, 1.54) is 0 Å². The van der Waals surface area contributed by atoms with Crippen LogP contribution < -0.4 is 5.73 Å². The van der Waals surface area contributed by atoms with E-state index in [1.54, 1.807) is 0 Å². The van der Waals surface area contributed by atoms with Gasteiger partial charge in [0.25, 0.3) is 5.78 Å². The highest BCUT2D eigenvalue weighted by Gasteiger charge is 2.13. The highest BCUT2D eigenvalue weighted by Crippen LogP contribution is 2.05. The fourth-order valence-electron chi connectivity index (χ4n) is 0.759. The van der Waals surface area contributed by atoms with E-state index in [1.807, 2.05) is 0 Å². The first-order chi connectivity index (χ1) is 7.38. The number of nitrogens with two attached hydrogens (primary N) is 1. The quantitative estimate of drug-likeness (QED) is 0.207. The standard InChI is InChI=1S/C9H11NO6/c10-6(8(13)14)3-5(4-11)1-2-7(12)9(15)16/h1-2,4,6,11H,3,10H2,(H,13,14)(H,15,16)/b2-1+,5-4-/t6-/m0/s1. The maximum Gasteiger partial charge on any atom is 0.376 e. The monoisotopic (exact) mass is 229 g/mol. The average Bonchev–Trinajstić information content (AvgIpc) is 2.22. The number of ketones is 1. The number of aliphatic hydroxyl groups excluding tert-OH is 1.